The molecule has 0 aromatic rings. The van der Waals surface area contributed by atoms with Crippen molar-refractivity contribution in [3.8, 4) is 0 Å². The number of carbonyl (C=O) groups is 1. The maximum absolute atomic E-state index is 10.5. The van der Waals surface area contributed by atoms with Crippen molar-refractivity contribution in [3.05, 3.63) is 12.2 Å². The van der Waals surface area contributed by atoms with Crippen LogP contribution in [0.3, 0.4) is 0 Å². The molecule has 2 atom stereocenters. The van der Waals surface area contributed by atoms with Crippen LogP contribution in [0.4, 0.5) is 0 Å². The molecule has 0 amide bonds. The Bertz CT molecular complexity index is 181. The Morgan fingerprint density at radius 3 is 2.20 bits per heavy atom. The Labute approximate surface area is 59.5 Å². The van der Waals surface area contributed by atoms with Gasteiger partial charge in [-0.3, -0.25) is 4.79 Å². The van der Waals surface area contributed by atoms with E-state index in [1.165, 1.54) is 0 Å². The number of allylic oxidation sites excluding steroid dienone is 2. The molecule has 10 heavy (non-hydrogen) atoms. The van der Waals surface area contributed by atoms with Crippen molar-refractivity contribution in [1.82, 2.24) is 0 Å². The second-order valence-electron chi connectivity index (χ2n) is 3.13. The SMILES string of the molecule is O=C(O)C1[C@H]2CC=CC[C@H]12. The van der Waals surface area contributed by atoms with E-state index in [9.17, 15) is 4.79 Å². The maximum atomic E-state index is 10.5. The average Bonchev–Trinajstić information content (AvgIpc) is 2.60. The number of carboxylic acids is 1. The Morgan fingerprint density at radius 2 is 1.80 bits per heavy atom. The van der Waals surface area contributed by atoms with Crippen molar-refractivity contribution in [1.29, 1.82) is 0 Å². The summed E-state index contributed by atoms with van der Waals surface area (Å²) in [5, 5.41) is 8.66. The lowest BCUT2D eigenvalue weighted by atomic mass is 10.1. The quantitative estimate of drug-likeness (QED) is 0.554. The maximum Gasteiger partial charge on any atom is 0.307 e. The van der Waals surface area contributed by atoms with E-state index in [4.69, 9.17) is 5.11 Å². The lowest BCUT2D eigenvalue weighted by Crippen LogP contribution is -1.99. The lowest BCUT2D eigenvalue weighted by molar-refractivity contribution is -0.139. The first-order valence-electron chi connectivity index (χ1n) is 3.68. The molecule has 2 aliphatic carbocycles. The summed E-state index contributed by atoms with van der Waals surface area (Å²) in [6.45, 7) is 0. The third-order valence-corrected chi connectivity index (χ3v) is 2.60. The van der Waals surface area contributed by atoms with E-state index in [0.717, 1.165) is 12.8 Å². The summed E-state index contributed by atoms with van der Waals surface area (Å²) < 4.78 is 0. The van der Waals surface area contributed by atoms with Crippen LogP contribution in [0.2, 0.25) is 0 Å². The van der Waals surface area contributed by atoms with Crippen LogP contribution in [0, 0.1) is 17.8 Å². The molecule has 0 radical (unpaired) electrons. The molecule has 0 aromatic carbocycles. The minimum Gasteiger partial charge on any atom is -0.481 e. The van der Waals surface area contributed by atoms with Gasteiger partial charge in [0, 0.05) is 0 Å². The van der Waals surface area contributed by atoms with E-state index < -0.39 is 5.97 Å². The van der Waals surface area contributed by atoms with Gasteiger partial charge in [0.1, 0.15) is 0 Å². The van der Waals surface area contributed by atoms with Crippen molar-refractivity contribution < 1.29 is 9.90 Å². The number of fused-ring (bicyclic) bond motifs is 1. The molecule has 0 unspecified atom stereocenters. The van der Waals surface area contributed by atoms with Gasteiger partial charge in [-0.05, 0) is 24.7 Å². The molecule has 2 rings (SSSR count). The molecule has 1 fully saturated rings. The van der Waals surface area contributed by atoms with Crippen LogP contribution in [0.1, 0.15) is 12.8 Å². The smallest absolute Gasteiger partial charge is 0.307 e. The molecular formula is C8H10O2. The predicted octanol–water partition coefficient (Wildman–Crippen LogP) is 1.28. The van der Waals surface area contributed by atoms with Crippen molar-refractivity contribution in [2.24, 2.45) is 17.8 Å². The number of hydrogen-bond acceptors (Lipinski definition) is 1. The van der Waals surface area contributed by atoms with Gasteiger partial charge >= 0.3 is 5.97 Å². The number of hydrogen-bond donors (Lipinski definition) is 1. The zero-order chi connectivity index (χ0) is 7.14. The number of aliphatic carboxylic acids is 1. The van der Waals surface area contributed by atoms with Crippen LogP contribution < -0.4 is 0 Å². The van der Waals surface area contributed by atoms with Gasteiger partial charge in [0.25, 0.3) is 0 Å². The molecule has 0 spiro atoms. The molecule has 1 saturated carbocycles. The molecule has 0 saturated heterocycles. The standard InChI is InChI=1S/C8H10O2/c9-8(10)7-5-3-1-2-4-6(5)7/h1-2,5-7H,3-4H2,(H,9,10)/t5-,6-/m0/s1. The molecule has 0 aliphatic heterocycles. The normalized spacial score (nSPS) is 42.6. The third-order valence-electron chi connectivity index (χ3n) is 2.60. The minimum absolute atomic E-state index is 0.0185. The van der Waals surface area contributed by atoms with Gasteiger partial charge in [0.05, 0.1) is 5.92 Å². The molecule has 2 aliphatic rings. The predicted molar refractivity (Wildman–Crippen MR) is 36.5 cm³/mol. The van der Waals surface area contributed by atoms with Crippen LogP contribution in [0.15, 0.2) is 12.2 Å². The third kappa shape index (κ3) is 0.681. The fourth-order valence-corrected chi connectivity index (χ4v) is 1.96. The first kappa shape index (κ1) is 5.96. The summed E-state index contributed by atoms with van der Waals surface area (Å²) in [6.07, 6.45) is 6.18. The highest BCUT2D eigenvalue weighted by Crippen LogP contribution is 2.53. The minimum atomic E-state index is -0.598. The first-order chi connectivity index (χ1) is 4.80. The van der Waals surface area contributed by atoms with E-state index in [0.29, 0.717) is 11.8 Å². The Balaban J connectivity index is 2.04. The van der Waals surface area contributed by atoms with Crippen molar-refractivity contribution in [2.75, 3.05) is 0 Å². The van der Waals surface area contributed by atoms with E-state index in [1.807, 2.05) is 0 Å². The monoisotopic (exact) mass is 138 g/mol. The fourth-order valence-electron chi connectivity index (χ4n) is 1.96. The zero-order valence-electron chi connectivity index (χ0n) is 5.66. The van der Waals surface area contributed by atoms with Gasteiger partial charge in [0.15, 0.2) is 0 Å². The largest absolute Gasteiger partial charge is 0.481 e. The second-order valence-corrected chi connectivity index (χ2v) is 3.13. The van der Waals surface area contributed by atoms with E-state index >= 15 is 0 Å². The highest BCUT2D eigenvalue weighted by atomic mass is 16.4. The summed E-state index contributed by atoms with van der Waals surface area (Å²) in [4.78, 5) is 10.5. The van der Waals surface area contributed by atoms with Crippen LogP contribution >= 0.6 is 0 Å². The number of rotatable bonds is 1. The van der Waals surface area contributed by atoms with Crippen LogP contribution in [-0.2, 0) is 4.79 Å². The van der Waals surface area contributed by atoms with Gasteiger partial charge in [-0.2, -0.15) is 0 Å². The van der Waals surface area contributed by atoms with Gasteiger partial charge in [-0.15, -0.1) is 0 Å². The van der Waals surface area contributed by atoms with E-state index in [2.05, 4.69) is 12.2 Å². The van der Waals surface area contributed by atoms with Crippen molar-refractivity contribution >= 4 is 5.97 Å². The molecule has 0 bridgehead atoms. The summed E-state index contributed by atoms with van der Waals surface area (Å²) in [6, 6.07) is 0. The Morgan fingerprint density at radius 1 is 1.30 bits per heavy atom. The van der Waals surface area contributed by atoms with Gasteiger partial charge in [-0.25, -0.2) is 0 Å². The highest BCUT2D eigenvalue weighted by Gasteiger charge is 2.54. The summed E-state index contributed by atoms with van der Waals surface area (Å²) in [5.41, 5.74) is 0. The Hall–Kier alpha value is -0.790. The molecule has 2 nitrogen and oxygen atoms in total. The average molecular weight is 138 g/mol. The first-order valence-corrected chi connectivity index (χ1v) is 3.68. The molecule has 54 valence electrons. The van der Waals surface area contributed by atoms with Crippen LogP contribution in [-0.4, -0.2) is 11.1 Å². The lowest BCUT2D eigenvalue weighted by Gasteiger charge is -1.96. The second kappa shape index (κ2) is 1.84. The summed E-state index contributed by atoms with van der Waals surface area (Å²) in [5.74, 6) is 0.332. The molecule has 0 aromatic heterocycles. The topological polar surface area (TPSA) is 37.3 Å². The van der Waals surface area contributed by atoms with Crippen molar-refractivity contribution in [3.63, 3.8) is 0 Å². The molecule has 1 N–H and O–H groups in total. The Kier molecular flexibility index (Phi) is 1.10. The molecule has 2 heteroatoms. The van der Waals surface area contributed by atoms with Gasteiger partial charge in [-0.1, -0.05) is 12.2 Å². The molecule has 0 heterocycles. The highest BCUT2D eigenvalue weighted by molar-refractivity contribution is 5.74. The zero-order valence-corrected chi connectivity index (χ0v) is 5.66. The van der Waals surface area contributed by atoms with E-state index in [1.54, 1.807) is 0 Å². The molecular weight excluding hydrogens is 128 g/mol. The van der Waals surface area contributed by atoms with Crippen LogP contribution in [0.5, 0.6) is 0 Å². The summed E-state index contributed by atoms with van der Waals surface area (Å²) in [7, 11) is 0. The van der Waals surface area contributed by atoms with Gasteiger partial charge < -0.3 is 5.11 Å². The van der Waals surface area contributed by atoms with E-state index in [-0.39, 0.29) is 5.92 Å². The fraction of sp³-hybridized carbons (Fsp3) is 0.625. The van der Waals surface area contributed by atoms with Crippen LogP contribution in [0.25, 0.3) is 0 Å². The van der Waals surface area contributed by atoms with Gasteiger partial charge in [0.2, 0.25) is 0 Å². The summed E-state index contributed by atoms with van der Waals surface area (Å²) >= 11 is 0. The van der Waals surface area contributed by atoms with Crippen molar-refractivity contribution in [2.45, 2.75) is 12.8 Å². The number of carboxylic acid groups (broad SMARTS) is 1.